The molecule has 5 heteroatoms. The molecule has 0 aliphatic rings. The van der Waals surface area contributed by atoms with Gasteiger partial charge < -0.3 is 4.57 Å². The summed E-state index contributed by atoms with van der Waals surface area (Å²) in [6, 6.07) is 6.06. The quantitative estimate of drug-likeness (QED) is 0.602. The predicted molar refractivity (Wildman–Crippen MR) is 58.8 cm³/mol. The van der Waals surface area contributed by atoms with Crippen molar-refractivity contribution >= 4 is 0 Å². The molecule has 0 radical (unpaired) electrons. The summed E-state index contributed by atoms with van der Waals surface area (Å²) in [7, 11) is 1.84. The van der Waals surface area contributed by atoms with Gasteiger partial charge in [-0.05, 0) is 6.07 Å². The van der Waals surface area contributed by atoms with E-state index in [4.69, 9.17) is 5.84 Å². The fourth-order valence-electron chi connectivity index (χ4n) is 1.67. The molecule has 2 aromatic rings. The second kappa shape index (κ2) is 4.42. The zero-order valence-electron chi connectivity index (χ0n) is 8.89. The van der Waals surface area contributed by atoms with Gasteiger partial charge in [0.1, 0.15) is 17.7 Å². The maximum atomic E-state index is 13.6. The smallest absolute Gasteiger partial charge is 0.131 e. The molecule has 16 heavy (non-hydrogen) atoms. The van der Waals surface area contributed by atoms with E-state index in [0.29, 0.717) is 11.4 Å². The third-order valence-corrected chi connectivity index (χ3v) is 2.50. The van der Waals surface area contributed by atoms with Crippen molar-refractivity contribution < 1.29 is 4.39 Å². The predicted octanol–water partition coefficient (Wildman–Crippen LogP) is 1.11. The highest BCUT2D eigenvalue weighted by Crippen LogP contribution is 2.21. The Kier molecular flexibility index (Phi) is 2.98. The highest BCUT2D eigenvalue weighted by Gasteiger charge is 2.19. The molecule has 1 aromatic carbocycles. The van der Waals surface area contributed by atoms with Crippen molar-refractivity contribution in [1.82, 2.24) is 15.0 Å². The minimum absolute atomic E-state index is 0.298. The Balaban J connectivity index is 2.45. The molecule has 0 fully saturated rings. The maximum absolute atomic E-state index is 13.6. The summed E-state index contributed by atoms with van der Waals surface area (Å²) in [5.41, 5.74) is 3.06. The van der Waals surface area contributed by atoms with Gasteiger partial charge in [-0.1, -0.05) is 18.2 Å². The molecule has 0 saturated heterocycles. The molecule has 0 aliphatic heterocycles. The van der Waals surface area contributed by atoms with Crippen LogP contribution in [0.3, 0.4) is 0 Å². The van der Waals surface area contributed by atoms with Crippen molar-refractivity contribution in [3.05, 3.63) is 53.9 Å². The van der Waals surface area contributed by atoms with Crippen LogP contribution in [0.25, 0.3) is 0 Å². The van der Waals surface area contributed by atoms with Gasteiger partial charge in [-0.25, -0.2) is 14.8 Å². The molecule has 1 atom stereocenters. The number of nitrogens with two attached hydrogens (primary N) is 1. The van der Waals surface area contributed by atoms with Gasteiger partial charge in [0.2, 0.25) is 0 Å². The average Bonchev–Trinajstić information content (AvgIpc) is 2.69. The minimum atomic E-state index is -0.443. The van der Waals surface area contributed by atoms with Gasteiger partial charge in [0.05, 0.1) is 0 Å². The van der Waals surface area contributed by atoms with Crippen molar-refractivity contribution in [3.63, 3.8) is 0 Å². The first-order chi connectivity index (χ1) is 7.74. The zero-order chi connectivity index (χ0) is 11.5. The summed E-state index contributed by atoms with van der Waals surface area (Å²) in [5.74, 6) is 5.84. The van der Waals surface area contributed by atoms with E-state index in [1.165, 1.54) is 6.07 Å². The molecular weight excluding hydrogens is 207 g/mol. The molecule has 1 aromatic heterocycles. The van der Waals surface area contributed by atoms with Crippen LogP contribution >= 0.6 is 0 Å². The van der Waals surface area contributed by atoms with Gasteiger partial charge in [-0.15, -0.1) is 0 Å². The third-order valence-electron chi connectivity index (χ3n) is 2.50. The van der Waals surface area contributed by atoms with Crippen LogP contribution < -0.4 is 11.3 Å². The number of nitrogens with zero attached hydrogens (tertiary/aromatic N) is 2. The number of hydrazine groups is 1. The molecule has 0 saturated carbocycles. The number of benzene rings is 1. The molecule has 0 amide bonds. The number of rotatable bonds is 3. The molecule has 0 spiro atoms. The maximum Gasteiger partial charge on any atom is 0.131 e. The van der Waals surface area contributed by atoms with Crippen LogP contribution in [0.15, 0.2) is 36.7 Å². The van der Waals surface area contributed by atoms with E-state index in [0.717, 1.165) is 0 Å². The average molecular weight is 220 g/mol. The molecule has 3 N–H and O–H groups in total. The lowest BCUT2D eigenvalue weighted by atomic mass is 10.1. The standard InChI is InChI=1S/C11H13FN4/c1-16-7-6-14-11(16)10(15-13)8-4-2-3-5-9(8)12/h2-7,10,15H,13H2,1H3. The monoisotopic (exact) mass is 220 g/mol. The van der Waals surface area contributed by atoms with E-state index in [-0.39, 0.29) is 5.82 Å². The van der Waals surface area contributed by atoms with Crippen LogP contribution in [0.1, 0.15) is 17.4 Å². The van der Waals surface area contributed by atoms with Gasteiger partial charge in [-0.3, -0.25) is 5.84 Å². The fraction of sp³-hybridized carbons (Fsp3) is 0.182. The summed E-state index contributed by atoms with van der Waals surface area (Å²) < 4.78 is 15.4. The highest BCUT2D eigenvalue weighted by atomic mass is 19.1. The number of imidazole rings is 1. The van der Waals surface area contributed by atoms with Crippen molar-refractivity contribution in [2.75, 3.05) is 0 Å². The molecular formula is C11H13FN4. The Labute approximate surface area is 92.9 Å². The zero-order valence-corrected chi connectivity index (χ0v) is 8.89. The largest absolute Gasteiger partial charge is 0.336 e. The number of hydrogen-bond donors (Lipinski definition) is 2. The normalized spacial score (nSPS) is 12.7. The molecule has 1 unspecified atom stereocenters. The van der Waals surface area contributed by atoms with Gasteiger partial charge in [0.15, 0.2) is 0 Å². The van der Waals surface area contributed by atoms with Crippen molar-refractivity contribution in [2.45, 2.75) is 6.04 Å². The van der Waals surface area contributed by atoms with E-state index >= 15 is 0 Å². The first-order valence-electron chi connectivity index (χ1n) is 4.92. The van der Waals surface area contributed by atoms with E-state index in [2.05, 4.69) is 10.4 Å². The molecule has 2 rings (SSSR count). The molecule has 4 nitrogen and oxygen atoms in total. The lowest BCUT2D eigenvalue weighted by molar-refractivity contribution is 0.533. The molecule has 0 bridgehead atoms. The van der Waals surface area contributed by atoms with Crippen LogP contribution in [0.4, 0.5) is 4.39 Å². The van der Waals surface area contributed by atoms with E-state index in [1.807, 2.05) is 7.05 Å². The number of nitrogens with one attached hydrogen (secondary N) is 1. The van der Waals surface area contributed by atoms with Gasteiger partial charge >= 0.3 is 0 Å². The Morgan fingerprint density at radius 3 is 2.75 bits per heavy atom. The van der Waals surface area contributed by atoms with Crippen LogP contribution in [-0.2, 0) is 7.05 Å². The third kappa shape index (κ3) is 1.82. The Hall–Kier alpha value is -1.72. The van der Waals surface area contributed by atoms with Gasteiger partial charge in [-0.2, -0.15) is 0 Å². The summed E-state index contributed by atoms with van der Waals surface area (Å²) in [6.07, 6.45) is 3.45. The topological polar surface area (TPSA) is 55.9 Å². The fourth-order valence-corrected chi connectivity index (χ4v) is 1.67. The van der Waals surface area contributed by atoms with E-state index in [1.54, 1.807) is 35.2 Å². The number of aromatic nitrogens is 2. The second-order valence-corrected chi connectivity index (χ2v) is 3.52. The molecule has 84 valence electrons. The Bertz CT molecular complexity index is 480. The summed E-state index contributed by atoms with van der Waals surface area (Å²) >= 11 is 0. The van der Waals surface area contributed by atoms with Crippen LogP contribution in [-0.4, -0.2) is 9.55 Å². The lowest BCUT2D eigenvalue weighted by Crippen LogP contribution is -2.31. The van der Waals surface area contributed by atoms with Crippen molar-refractivity contribution in [1.29, 1.82) is 0 Å². The summed E-state index contributed by atoms with van der Waals surface area (Å²) in [4.78, 5) is 4.16. The van der Waals surface area contributed by atoms with Crippen LogP contribution in [0.2, 0.25) is 0 Å². The first kappa shape index (κ1) is 10.8. The van der Waals surface area contributed by atoms with Crippen LogP contribution in [0.5, 0.6) is 0 Å². The van der Waals surface area contributed by atoms with Gasteiger partial charge in [0.25, 0.3) is 0 Å². The minimum Gasteiger partial charge on any atom is -0.336 e. The summed E-state index contributed by atoms with van der Waals surface area (Å²) in [6.45, 7) is 0. The highest BCUT2D eigenvalue weighted by molar-refractivity contribution is 5.26. The molecule has 0 aliphatic carbocycles. The first-order valence-corrected chi connectivity index (χ1v) is 4.92. The number of hydrogen-bond acceptors (Lipinski definition) is 3. The second-order valence-electron chi connectivity index (χ2n) is 3.52. The Morgan fingerprint density at radius 2 is 2.19 bits per heavy atom. The van der Waals surface area contributed by atoms with Crippen molar-refractivity contribution in [2.24, 2.45) is 12.9 Å². The number of aryl methyl sites for hydroxylation is 1. The van der Waals surface area contributed by atoms with E-state index < -0.39 is 6.04 Å². The van der Waals surface area contributed by atoms with Crippen molar-refractivity contribution in [3.8, 4) is 0 Å². The number of halogens is 1. The SMILES string of the molecule is Cn1ccnc1C(NN)c1ccccc1F. The Morgan fingerprint density at radius 1 is 1.44 bits per heavy atom. The van der Waals surface area contributed by atoms with E-state index in [9.17, 15) is 4.39 Å². The lowest BCUT2D eigenvalue weighted by Gasteiger charge is -2.16. The summed E-state index contributed by atoms with van der Waals surface area (Å²) in [5, 5.41) is 0. The van der Waals surface area contributed by atoms with Crippen LogP contribution in [0, 0.1) is 5.82 Å². The van der Waals surface area contributed by atoms with Gasteiger partial charge in [0, 0.05) is 25.0 Å². The molecule has 1 heterocycles.